The van der Waals surface area contributed by atoms with E-state index in [2.05, 4.69) is 47.3 Å². The standard InChI is InChI=1S/C17H26N4OS/c1-17(2,3)15-19-20-16(23-15)18-12-13(14-8-7-11-22-14)21-9-5-4-6-10-21/h7-8,11,13H,4-6,9-10,12H2,1-3H3,(H,18,20)/t13-/m1/s1. The lowest BCUT2D eigenvalue weighted by Gasteiger charge is -2.33. The molecule has 3 rings (SSSR count). The number of hydrogen-bond donors (Lipinski definition) is 1. The van der Waals surface area contributed by atoms with Crippen LogP contribution in [0.3, 0.4) is 0 Å². The number of rotatable bonds is 5. The van der Waals surface area contributed by atoms with Crippen LogP contribution in [-0.4, -0.2) is 34.7 Å². The van der Waals surface area contributed by atoms with Gasteiger partial charge in [0.2, 0.25) is 5.13 Å². The van der Waals surface area contributed by atoms with E-state index in [0.717, 1.165) is 35.5 Å². The second kappa shape index (κ2) is 7.01. The Labute approximate surface area is 142 Å². The van der Waals surface area contributed by atoms with Crippen LogP contribution in [-0.2, 0) is 5.41 Å². The van der Waals surface area contributed by atoms with Gasteiger partial charge in [-0.1, -0.05) is 38.5 Å². The molecule has 126 valence electrons. The highest BCUT2D eigenvalue weighted by Gasteiger charge is 2.25. The molecule has 0 radical (unpaired) electrons. The zero-order valence-electron chi connectivity index (χ0n) is 14.2. The molecule has 6 heteroatoms. The van der Waals surface area contributed by atoms with Crippen molar-refractivity contribution >= 4 is 16.5 Å². The van der Waals surface area contributed by atoms with Crippen molar-refractivity contribution in [2.24, 2.45) is 0 Å². The van der Waals surface area contributed by atoms with Crippen LogP contribution in [0.4, 0.5) is 5.13 Å². The van der Waals surface area contributed by atoms with Gasteiger partial charge in [-0.05, 0) is 38.1 Å². The predicted molar refractivity (Wildman–Crippen MR) is 94.0 cm³/mol. The molecular formula is C17H26N4OS. The van der Waals surface area contributed by atoms with Crippen molar-refractivity contribution in [1.82, 2.24) is 15.1 Å². The lowest BCUT2D eigenvalue weighted by molar-refractivity contribution is 0.153. The molecule has 0 amide bonds. The minimum absolute atomic E-state index is 0.0465. The van der Waals surface area contributed by atoms with Crippen molar-refractivity contribution in [1.29, 1.82) is 0 Å². The molecule has 1 saturated heterocycles. The average Bonchev–Trinajstić information content (AvgIpc) is 3.19. The highest BCUT2D eigenvalue weighted by molar-refractivity contribution is 7.15. The SMILES string of the molecule is CC(C)(C)c1nnc(NC[C@H](c2ccco2)N2CCCCC2)s1. The number of likely N-dealkylation sites (tertiary alicyclic amines) is 1. The third kappa shape index (κ3) is 4.12. The summed E-state index contributed by atoms with van der Waals surface area (Å²) in [5, 5.41) is 14.0. The minimum Gasteiger partial charge on any atom is -0.468 e. The van der Waals surface area contributed by atoms with Crippen LogP contribution in [0.2, 0.25) is 0 Å². The Kier molecular flexibility index (Phi) is 5.02. The van der Waals surface area contributed by atoms with Gasteiger partial charge in [0, 0.05) is 12.0 Å². The first-order valence-electron chi connectivity index (χ1n) is 8.39. The third-order valence-corrected chi connectivity index (χ3v) is 5.52. The number of anilines is 1. The maximum absolute atomic E-state index is 5.68. The molecule has 1 N–H and O–H groups in total. The van der Waals surface area contributed by atoms with Crippen LogP contribution in [0.5, 0.6) is 0 Å². The smallest absolute Gasteiger partial charge is 0.205 e. The molecule has 3 heterocycles. The maximum Gasteiger partial charge on any atom is 0.205 e. The van der Waals surface area contributed by atoms with E-state index in [1.165, 1.54) is 19.3 Å². The van der Waals surface area contributed by atoms with Gasteiger partial charge < -0.3 is 9.73 Å². The van der Waals surface area contributed by atoms with Crippen molar-refractivity contribution in [3.05, 3.63) is 29.2 Å². The van der Waals surface area contributed by atoms with Crippen molar-refractivity contribution in [3.63, 3.8) is 0 Å². The van der Waals surface area contributed by atoms with E-state index in [1.54, 1.807) is 17.6 Å². The molecule has 0 aromatic carbocycles. The van der Waals surface area contributed by atoms with Crippen LogP contribution < -0.4 is 5.32 Å². The van der Waals surface area contributed by atoms with Crippen molar-refractivity contribution in [2.45, 2.75) is 51.5 Å². The Hall–Kier alpha value is -1.40. The molecule has 23 heavy (non-hydrogen) atoms. The Bertz CT molecular complexity index is 596. The summed E-state index contributed by atoms with van der Waals surface area (Å²) in [5.74, 6) is 1.03. The van der Waals surface area contributed by atoms with Gasteiger partial charge in [-0.2, -0.15) is 0 Å². The van der Waals surface area contributed by atoms with Gasteiger partial charge in [0.25, 0.3) is 0 Å². The third-order valence-electron chi connectivity index (χ3n) is 4.22. The van der Waals surface area contributed by atoms with Crippen molar-refractivity contribution in [2.75, 3.05) is 25.0 Å². The number of furan rings is 1. The lowest BCUT2D eigenvalue weighted by Crippen LogP contribution is -2.37. The normalized spacial score (nSPS) is 18.0. The molecule has 2 aromatic heterocycles. The number of aromatic nitrogens is 2. The van der Waals surface area contributed by atoms with Crippen LogP contribution in [0.15, 0.2) is 22.8 Å². The quantitative estimate of drug-likeness (QED) is 0.893. The monoisotopic (exact) mass is 334 g/mol. The fourth-order valence-electron chi connectivity index (χ4n) is 2.90. The summed E-state index contributed by atoms with van der Waals surface area (Å²) in [4.78, 5) is 2.51. The summed E-state index contributed by atoms with van der Waals surface area (Å²) >= 11 is 1.64. The van der Waals surface area contributed by atoms with Crippen molar-refractivity contribution in [3.8, 4) is 0 Å². The van der Waals surface area contributed by atoms with E-state index in [4.69, 9.17) is 4.42 Å². The van der Waals surface area contributed by atoms with Gasteiger partial charge in [0.15, 0.2) is 0 Å². The fraction of sp³-hybridized carbons (Fsp3) is 0.647. The molecule has 1 atom stereocenters. The predicted octanol–water partition coefficient (Wildman–Crippen LogP) is 4.07. The van der Waals surface area contributed by atoms with E-state index >= 15 is 0 Å². The van der Waals surface area contributed by atoms with E-state index in [1.807, 2.05) is 6.07 Å². The van der Waals surface area contributed by atoms with Gasteiger partial charge in [0.1, 0.15) is 10.8 Å². The average molecular weight is 334 g/mol. The van der Waals surface area contributed by atoms with Crippen LogP contribution in [0, 0.1) is 0 Å². The molecule has 1 aliphatic rings. The Morgan fingerprint density at radius 2 is 2.04 bits per heavy atom. The molecule has 0 unspecified atom stereocenters. The molecule has 0 aliphatic carbocycles. The summed E-state index contributed by atoms with van der Waals surface area (Å²) in [6.45, 7) is 9.56. The first kappa shape index (κ1) is 16.5. The number of nitrogens with one attached hydrogen (secondary N) is 1. The lowest BCUT2D eigenvalue weighted by atomic mass is 9.98. The minimum atomic E-state index is 0.0465. The summed E-state index contributed by atoms with van der Waals surface area (Å²) in [6, 6.07) is 4.30. The van der Waals surface area contributed by atoms with E-state index in [0.29, 0.717) is 0 Å². The first-order valence-corrected chi connectivity index (χ1v) is 9.21. The number of piperidine rings is 1. The number of nitrogens with zero attached hydrogens (tertiary/aromatic N) is 3. The molecular weight excluding hydrogens is 308 g/mol. The van der Waals surface area contributed by atoms with Crippen LogP contribution >= 0.6 is 11.3 Å². The molecule has 5 nitrogen and oxygen atoms in total. The fourth-order valence-corrected chi connectivity index (χ4v) is 3.71. The Morgan fingerprint density at radius 3 is 2.65 bits per heavy atom. The molecule has 2 aromatic rings. The van der Waals surface area contributed by atoms with Gasteiger partial charge in [-0.3, -0.25) is 4.90 Å². The van der Waals surface area contributed by atoms with Crippen LogP contribution in [0.25, 0.3) is 0 Å². The highest BCUT2D eigenvalue weighted by Crippen LogP contribution is 2.29. The number of hydrogen-bond acceptors (Lipinski definition) is 6. The van der Waals surface area contributed by atoms with Crippen LogP contribution in [0.1, 0.15) is 56.8 Å². The largest absolute Gasteiger partial charge is 0.468 e. The van der Waals surface area contributed by atoms with Gasteiger partial charge in [0.05, 0.1) is 12.3 Å². The van der Waals surface area contributed by atoms with E-state index < -0.39 is 0 Å². The molecule has 1 fully saturated rings. The molecule has 0 saturated carbocycles. The molecule has 0 bridgehead atoms. The zero-order valence-corrected chi connectivity index (χ0v) is 15.0. The maximum atomic E-state index is 5.68. The van der Waals surface area contributed by atoms with E-state index in [-0.39, 0.29) is 11.5 Å². The van der Waals surface area contributed by atoms with E-state index in [9.17, 15) is 0 Å². The summed E-state index contributed by atoms with van der Waals surface area (Å²) in [7, 11) is 0. The van der Waals surface area contributed by atoms with Gasteiger partial charge >= 0.3 is 0 Å². The second-order valence-electron chi connectivity index (χ2n) is 7.17. The first-order chi connectivity index (χ1) is 11.0. The topological polar surface area (TPSA) is 54.2 Å². The summed E-state index contributed by atoms with van der Waals surface area (Å²) < 4.78 is 5.68. The Morgan fingerprint density at radius 1 is 1.26 bits per heavy atom. The molecule has 1 aliphatic heterocycles. The highest BCUT2D eigenvalue weighted by atomic mass is 32.1. The summed E-state index contributed by atoms with van der Waals surface area (Å²) in [6.07, 6.45) is 5.63. The van der Waals surface area contributed by atoms with Crippen molar-refractivity contribution < 1.29 is 4.42 Å². The summed E-state index contributed by atoms with van der Waals surface area (Å²) in [5.41, 5.74) is 0.0465. The van der Waals surface area contributed by atoms with Gasteiger partial charge in [-0.15, -0.1) is 10.2 Å². The molecule has 0 spiro atoms. The second-order valence-corrected chi connectivity index (χ2v) is 8.15. The zero-order chi connectivity index (χ0) is 16.3. The Balaban J connectivity index is 1.68. The van der Waals surface area contributed by atoms with Gasteiger partial charge in [-0.25, -0.2) is 0 Å².